The van der Waals surface area contributed by atoms with E-state index in [-0.39, 0.29) is 30.2 Å². The molecule has 2 aliphatic carbocycles. The molecule has 0 heterocycles. The van der Waals surface area contributed by atoms with Crippen LogP contribution in [0.4, 0.5) is 4.39 Å². The molecule has 2 aromatic rings. The van der Waals surface area contributed by atoms with Gasteiger partial charge >= 0.3 is 0 Å². The van der Waals surface area contributed by atoms with Crippen LogP contribution in [-0.4, -0.2) is 24.3 Å². The molecule has 4 unspecified atom stereocenters. The second-order valence-corrected chi connectivity index (χ2v) is 8.34. The van der Waals surface area contributed by atoms with E-state index in [4.69, 9.17) is 4.74 Å². The Bertz CT molecular complexity index is 878. The van der Waals surface area contributed by atoms with Crippen molar-refractivity contribution < 1.29 is 18.7 Å². The molecule has 0 aromatic heterocycles. The molecule has 4 atom stereocenters. The van der Waals surface area contributed by atoms with Gasteiger partial charge in [0.15, 0.2) is 12.4 Å². The fourth-order valence-electron chi connectivity index (χ4n) is 4.93. The summed E-state index contributed by atoms with van der Waals surface area (Å²) < 4.78 is 18.6. The van der Waals surface area contributed by atoms with Crippen LogP contribution in [0.25, 0.3) is 0 Å². The molecule has 0 spiro atoms. The molecular weight excluding hydrogens is 369 g/mol. The largest absolute Gasteiger partial charge is 0.484 e. The Morgan fingerprint density at radius 2 is 1.69 bits per heavy atom. The fraction of sp³-hybridized carbons (Fsp3) is 0.417. The van der Waals surface area contributed by atoms with Crippen LogP contribution in [0.5, 0.6) is 5.75 Å². The standard InChI is InChI=1S/C24H26FNO3/c1-15(22-13-16-2-3-19(22)12-16)26-23(27)14-29-21-10-6-18(7-11-21)24(28)17-4-8-20(25)9-5-17/h4-11,15-16,19,22H,2-3,12-14H2,1H3,(H,26,27). The van der Waals surface area contributed by atoms with Crippen LogP contribution in [0.1, 0.15) is 48.5 Å². The van der Waals surface area contributed by atoms with Crippen LogP contribution in [0.15, 0.2) is 48.5 Å². The molecular formula is C24H26FNO3. The summed E-state index contributed by atoms with van der Waals surface area (Å²) in [6.45, 7) is 2.05. The minimum absolute atomic E-state index is 0.0452. The van der Waals surface area contributed by atoms with E-state index in [1.165, 1.54) is 49.9 Å². The number of ketones is 1. The summed E-state index contributed by atoms with van der Waals surface area (Å²) >= 11 is 0. The summed E-state index contributed by atoms with van der Waals surface area (Å²) in [4.78, 5) is 24.7. The van der Waals surface area contributed by atoms with Gasteiger partial charge in [-0.2, -0.15) is 0 Å². The van der Waals surface area contributed by atoms with Gasteiger partial charge in [-0.15, -0.1) is 0 Å². The average Bonchev–Trinajstić information content (AvgIpc) is 3.36. The number of rotatable bonds is 7. The van der Waals surface area contributed by atoms with Gasteiger partial charge in [-0.3, -0.25) is 9.59 Å². The molecule has 2 fully saturated rings. The monoisotopic (exact) mass is 395 g/mol. The zero-order valence-electron chi connectivity index (χ0n) is 16.6. The van der Waals surface area contributed by atoms with Crippen LogP contribution >= 0.6 is 0 Å². The molecule has 5 heteroatoms. The maximum Gasteiger partial charge on any atom is 0.258 e. The van der Waals surface area contributed by atoms with Gasteiger partial charge in [0.05, 0.1) is 0 Å². The predicted molar refractivity (Wildman–Crippen MR) is 108 cm³/mol. The number of fused-ring (bicyclic) bond motifs is 2. The lowest BCUT2D eigenvalue weighted by molar-refractivity contribution is -0.124. The number of halogens is 1. The lowest BCUT2D eigenvalue weighted by atomic mass is 9.84. The highest BCUT2D eigenvalue weighted by molar-refractivity contribution is 6.09. The van der Waals surface area contributed by atoms with Crippen molar-refractivity contribution in [3.63, 3.8) is 0 Å². The van der Waals surface area contributed by atoms with E-state index in [1.54, 1.807) is 24.3 Å². The first-order chi connectivity index (χ1) is 14.0. The number of benzene rings is 2. The maximum atomic E-state index is 13.0. The predicted octanol–water partition coefficient (Wildman–Crippen LogP) is 4.38. The Morgan fingerprint density at radius 3 is 2.28 bits per heavy atom. The van der Waals surface area contributed by atoms with Gasteiger partial charge in [0, 0.05) is 17.2 Å². The van der Waals surface area contributed by atoms with Gasteiger partial charge < -0.3 is 10.1 Å². The second kappa shape index (κ2) is 8.36. The van der Waals surface area contributed by atoms with E-state index in [9.17, 15) is 14.0 Å². The van der Waals surface area contributed by atoms with Gasteiger partial charge in [-0.25, -0.2) is 4.39 Å². The summed E-state index contributed by atoms with van der Waals surface area (Å²) in [5.41, 5.74) is 0.910. The van der Waals surface area contributed by atoms with Gasteiger partial charge in [0.1, 0.15) is 11.6 Å². The van der Waals surface area contributed by atoms with Crippen molar-refractivity contribution in [1.82, 2.24) is 5.32 Å². The van der Waals surface area contributed by atoms with Gasteiger partial charge in [0.2, 0.25) is 0 Å². The first-order valence-electron chi connectivity index (χ1n) is 10.3. The lowest BCUT2D eigenvalue weighted by Gasteiger charge is -2.28. The van der Waals surface area contributed by atoms with Crippen LogP contribution in [0.3, 0.4) is 0 Å². The van der Waals surface area contributed by atoms with Crippen LogP contribution in [0.2, 0.25) is 0 Å². The number of carbonyl (C=O) groups is 2. The van der Waals surface area contributed by atoms with Crippen molar-refractivity contribution >= 4 is 11.7 Å². The van der Waals surface area contributed by atoms with Crippen molar-refractivity contribution in [1.29, 1.82) is 0 Å². The van der Waals surface area contributed by atoms with E-state index in [0.29, 0.717) is 22.8 Å². The zero-order valence-corrected chi connectivity index (χ0v) is 16.6. The molecule has 2 saturated carbocycles. The summed E-state index contributed by atoms with van der Waals surface area (Å²) in [7, 11) is 0. The maximum absolute atomic E-state index is 13.0. The lowest BCUT2D eigenvalue weighted by Crippen LogP contribution is -2.42. The molecule has 1 amide bonds. The smallest absolute Gasteiger partial charge is 0.258 e. The Labute approximate surface area is 170 Å². The highest BCUT2D eigenvalue weighted by atomic mass is 19.1. The Balaban J connectivity index is 1.27. The van der Waals surface area contributed by atoms with Crippen LogP contribution < -0.4 is 10.1 Å². The molecule has 0 radical (unpaired) electrons. The molecule has 29 heavy (non-hydrogen) atoms. The number of hydrogen-bond donors (Lipinski definition) is 1. The molecule has 2 aliphatic rings. The molecule has 4 nitrogen and oxygen atoms in total. The average molecular weight is 395 g/mol. The molecule has 152 valence electrons. The minimum atomic E-state index is -0.377. The molecule has 0 aliphatic heterocycles. The second-order valence-electron chi connectivity index (χ2n) is 8.34. The van der Waals surface area contributed by atoms with E-state index in [2.05, 4.69) is 12.2 Å². The first kappa shape index (κ1) is 19.6. The summed E-state index contributed by atoms with van der Waals surface area (Å²) in [6.07, 6.45) is 5.21. The van der Waals surface area contributed by atoms with Gasteiger partial charge in [-0.05, 0) is 92.5 Å². The molecule has 2 aromatic carbocycles. The summed E-state index contributed by atoms with van der Waals surface area (Å²) in [6, 6.07) is 12.3. The van der Waals surface area contributed by atoms with E-state index >= 15 is 0 Å². The number of hydrogen-bond acceptors (Lipinski definition) is 3. The van der Waals surface area contributed by atoms with E-state index in [0.717, 1.165) is 11.8 Å². The molecule has 4 rings (SSSR count). The highest BCUT2D eigenvalue weighted by Gasteiger charge is 2.42. The van der Waals surface area contributed by atoms with E-state index in [1.807, 2.05) is 0 Å². The minimum Gasteiger partial charge on any atom is -0.484 e. The Kier molecular flexibility index (Phi) is 5.65. The van der Waals surface area contributed by atoms with Crippen molar-refractivity contribution in [2.45, 2.75) is 38.6 Å². The summed E-state index contributed by atoms with van der Waals surface area (Å²) in [5, 5.41) is 3.08. The quantitative estimate of drug-likeness (QED) is 0.708. The molecule has 2 bridgehead atoms. The van der Waals surface area contributed by atoms with Crippen molar-refractivity contribution in [3.8, 4) is 5.75 Å². The third kappa shape index (κ3) is 4.50. The third-order valence-electron chi connectivity index (χ3n) is 6.42. The first-order valence-corrected chi connectivity index (χ1v) is 10.3. The van der Waals surface area contributed by atoms with Crippen LogP contribution in [-0.2, 0) is 4.79 Å². The topological polar surface area (TPSA) is 55.4 Å². The highest BCUT2D eigenvalue weighted by Crippen LogP contribution is 2.49. The van der Waals surface area contributed by atoms with E-state index < -0.39 is 0 Å². The van der Waals surface area contributed by atoms with Crippen molar-refractivity contribution in [2.75, 3.05) is 6.61 Å². The van der Waals surface area contributed by atoms with Gasteiger partial charge in [-0.1, -0.05) is 6.42 Å². The van der Waals surface area contributed by atoms with Crippen molar-refractivity contribution in [3.05, 3.63) is 65.5 Å². The Hall–Kier alpha value is -2.69. The normalized spacial score (nSPS) is 23.6. The molecule has 0 saturated heterocycles. The fourth-order valence-corrected chi connectivity index (χ4v) is 4.93. The van der Waals surface area contributed by atoms with Crippen molar-refractivity contribution in [2.24, 2.45) is 17.8 Å². The third-order valence-corrected chi connectivity index (χ3v) is 6.42. The van der Waals surface area contributed by atoms with Crippen LogP contribution in [0, 0.1) is 23.6 Å². The zero-order chi connectivity index (χ0) is 20.4. The number of ether oxygens (including phenoxy) is 1. The number of carbonyl (C=O) groups excluding carboxylic acids is 2. The number of nitrogens with one attached hydrogen (secondary N) is 1. The SMILES string of the molecule is CC(NC(=O)COc1ccc(C(=O)c2ccc(F)cc2)cc1)C1CC2CCC1C2. The van der Waals surface area contributed by atoms with Gasteiger partial charge in [0.25, 0.3) is 5.91 Å². The summed E-state index contributed by atoms with van der Waals surface area (Å²) in [5.74, 6) is 2.07. The number of amides is 1. The Morgan fingerprint density at radius 1 is 1.03 bits per heavy atom. The molecule has 1 N–H and O–H groups in total.